The molecule has 0 amide bonds. The van der Waals surface area contributed by atoms with Crippen molar-refractivity contribution >= 4 is 5.82 Å². The maximum absolute atomic E-state index is 11.5. The number of hydrogen-bond donors (Lipinski definition) is 2. The lowest BCUT2D eigenvalue weighted by Gasteiger charge is -2.22. The molecule has 1 aliphatic carbocycles. The normalized spacial score (nSPS) is 16.8. The quantitative estimate of drug-likeness (QED) is 0.837. The number of nitrogens with one attached hydrogen (secondary N) is 2. The Kier molecular flexibility index (Phi) is 4.01. The maximum Gasteiger partial charge on any atom is 0.295 e. The Balaban J connectivity index is 1.98. The molecule has 0 atom stereocenters. The van der Waals surface area contributed by atoms with E-state index >= 15 is 0 Å². The molecule has 5 heteroatoms. The average molecular weight is 237 g/mol. The van der Waals surface area contributed by atoms with Gasteiger partial charge in [0.2, 0.25) is 5.75 Å². The van der Waals surface area contributed by atoms with Gasteiger partial charge in [0.25, 0.3) is 5.56 Å². The number of methoxy groups -OCH3 is 1. The minimum atomic E-state index is -0.242. The van der Waals surface area contributed by atoms with E-state index < -0.39 is 0 Å². The maximum atomic E-state index is 11.5. The first-order chi connectivity index (χ1) is 8.31. The van der Waals surface area contributed by atoms with Gasteiger partial charge >= 0.3 is 0 Å². The topological polar surface area (TPSA) is 67.0 Å². The minimum Gasteiger partial charge on any atom is -0.489 e. The largest absolute Gasteiger partial charge is 0.489 e. The van der Waals surface area contributed by atoms with Crippen LogP contribution >= 0.6 is 0 Å². The molecule has 5 nitrogen and oxygen atoms in total. The van der Waals surface area contributed by atoms with E-state index in [-0.39, 0.29) is 11.3 Å². The van der Waals surface area contributed by atoms with Crippen molar-refractivity contribution in [3.63, 3.8) is 0 Å². The van der Waals surface area contributed by atoms with E-state index in [9.17, 15) is 4.79 Å². The first-order valence-electron chi connectivity index (χ1n) is 6.17. The third-order valence-electron chi connectivity index (χ3n) is 3.30. The smallest absolute Gasteiger partial charge is 0.295 e. The summed E-state index contributed by atoms with van der Waals surface area (Å²) in [4.78, 5) is 18.1. The van der Waals surface area contributed by atoms with Gasteiger partial charge in [0.15, 0.2) is 5.82 Å². The Bertz CT molecular complexity index is 410. The van der Waals surface area contributed by atoms with E-state index in [1.807, 2.05) is 0 Å². The number of hydrogen-bond acceptors (Lipinski definition) is 4. The molecular formula is C12H19N3O2. The van der Waals surface area contributed by atoms with Crippen LogP contribution in [0.25, 0.3) is 0 Å². The minimum absolute atomic E-state index is 0.242. The van der Waals surface area contributed by atoms with Gasteiger partial charge in [-0.1, -0.05) is 19.3 Å². The lowest BCUT2D eigenvalue weighted by molar-refractivity contribution is 0.371. The number of aromatic amines is 1. The molecule has 2 N–H and O–H groups in total. The summed E-state index contributed by atoms with van der Waals surface area (Å²) in [5.41, 5.74) is -0.242. The highest BCUT2D eigenvalue weighted by Gasteiger charge is 2.15. The zero-order chi connectivity index (χ0) is 12.1. The molecule has 17 heavy (non-hydrogen) atoms. The highest BCUT2D eigenvalue weighted by atomic mass is 16.5. The monoisotopic (exact) mass is 237 g/mol. The molecule has 1 aromatic rings. The van der Waals surface area contributed by atoms with Gasteiger partial charge in [-0.25, -0.2) is 4.98 Å². The van der Waals surface area contributed by atoms with Crippen LogP contribution in [0.4, 0.5) is 5.82 Å². The van der Waals surface area contributed by atoms with Gasteiger partial charge in [-0.3, -0.25) is 4.79 Å². The van der Waals surface area contributed by atoms with Crippen molar-refractivity contribution < 1.29 is 4.74 Å². The Morgan fingerprint density at radius 3 is 2.94 bits per heavy atom. The Morgan fingerprint density at radius 2 is 2.24 bits per heavy atom. The summed E-state index contributed by atoms with van der Waals surface area (Å²) >= 11 is 0. The fraction of sp³-hybridized carbons (Fsp3) is 0.667. The van der Waals surface area contributed by atoms with Crippen molar-refractivity contribution in [1.82, 2.24) is 9.97 Å². The molecule has 0 spiro atoms. The standard InChI is InChI=1S/C12H19N3O2/c1-17-10-11(14-8-15-12(10)16)13-7-9-5-3-2-4-6-9/h8-9H,2-7H2,1H3,(H2,13,14,15,16). The molecule has 0 unspecified atom stereocenters. The van der Waals surface area contributed by atoms with Crippen molar-refractivity contribution in [2.24, 2.45) is 5.92 Å². The van der Waals surface area contributed by atoms with E-state index in [1.54, 1.807) is 0 Å². The Labute approximate surface area is 101 Å². The summed E-state index contributed by atoms with van der Waals surface area (Å²) in [5, 5.41) is 3.22. The van der Waals surface area contributed by atoms with Crippen molar-refractivity contribution in [2.75, 3.05) is 19.0 Å². The van der Waals surface area contributed by atoms with Gasteiger partial charge in [0, 0.05) is 6.54 Å². The van der Waals surface area contributed by atoms with Gasteiger partial charge in [-0.2, -0.15) is 0 Å². The molecule has 0 aliphatic heterocycles. The number of aromatic nitrogens is 2. The zero-order valence-electron chi connectivity index (χ0n) is 10.2. The molecule has 0 aromatic carbocycles. The summed E-state index contributed by atoms with van der Waals surface area (Å²) < 4.78 is 5.05. The summed E-state index contributed by atoms with van der Waals surface area (Å²) in [5.74, 6) is 1.50. The number of H-pyrrole nitrogens is 1. The fourth-order valence-electron chi connectivity index (χ4n) is 2.33. The van der Waals surface area contributed by atoms with Crippen LogP contribution < -0.4 is 15.6 Å². The first-order valence-corrected chi connectivity index (χ1v) is 6.17. The van der Waals surface area contributed by atoms with Gasteiger partial charge < -0.3 is 15.0 Å². The molecule has 1 aromatic heterocycles. The van der Waals surface area contributed by atoms with Crippen LogP contribution in [0, 0.1) is 5.92 Å². The third kappa shape index (κ3) is 2.99. The summed E-state index contributed by atoms with van der Waals surface area (Å²) in [6, 6.07) is 0. The zero-order valence-corrected chi connectivity index (χ0v) is 10.2. The summed E-state index contributed by atoms with van der Waals surface area (Å²) in [6.07, 6.45) is 7.90. The first kappa shape index (κ1) is 12.0. The van der Waals surface area contributed by atoms with Crippen LogP contribution in [-0.4, -0.2) is 23.6 Å². The highest BCUT2D eigenvalue weighted by molar-refractivity contribution is 5.47. The second-order valence-corrected chi connectivity index (χ2v) is 4.50. The molecule has 1 aliphatic rings. The van der Waals surface area contributed by atoms with Gasteiger partial charge in [0.05, 0.1) is 13.4 Å². The van der Waals surface area contributed by atoms with E-state index in [1.165, 1.54) is 45.5 Å². The second kappa shape index (κ2) is 5.70. The van der Waals surface area contributed by atoms with Gasteiger partial charge in [-0.05, 0) is 18.8 Å². The SMILES string of the molecule is COc1c(NCC2CCCCC2)nc[nH]c1=O. The van der Waals surface area contributed by atoms with Crippen molar-refractivity contribution in [1.29, 1.82) is 0 Å². The van der Waals surface area contributed by atoms with Crippen LogP contribution in [0.15, 0.2) is 11.1 Å². The van der Waals surface area contributed by atoms with Crippen LogP contribution in [-0.2, 0) is 0 Å². The van der Waals surface area contributed by atoms with E-state index in [2.05, 4.69) is 15.3 Å². The predicted molar refractivity (Wildman–Crippen MR) is 66.5 cm³/mol. The van der Waals surface area contributed by atoms with Crippen LogP contribution in [0.2, 0.25) is 0 Å². The molecule has 0 radical (unpaired) electrons. The molecule has 2 rings (SSSR count). The van der Waals surface area contributed by atoms with Gasteiger partial charge in [-0.15, -0.1) is 0 Å². The van der Waals surface area contributed by atoms with Crippen LogP contribution in [0.1, 0.15) is 32.1 Å². The summed E-state index contributed by atoms with van der Waals surface area (Å²) in [7, 11) is 1.48. The predicted octanol–water partition coefficient (Wildman–Crippen LogP) is 1.77. The summed E-state index contributed by atoms with van der Waals surface area (Å²) in [6.45, 7) is 0.868. The molecule has 0 saturated heterocycles. The van der Waals surface area contributed by atoms with Crippen LogP contribution in [0.3, 0.4) is 0 Å². The average Bonchev–Trinajstić information content (AvgIpc) is 2.37. The third-order valence-corrected chi connectivity index (χ3v) is 3.30. The molecular weight excluding hydrogens is 218 g/mol. The van der Waals surface area contributed by atoms with E-state index in [0.717, 1.165) is 6.54 Å². The molecule has 1 heterocycles. The number of nitrogens with zero attached hydrogens (tertiary/aromatic N) is 1. The molecule has 1 saturated carbocycles. The molecule has 0 bridgehead atoms. The second-order valence-electron chi connectivity index (χ2n) is 4.50. The lowest BCUT2D eigenvalue weighted by atomic mass is 9.89. The number of ether oxygens (including phenoxy) is 1. The Hall–Kier alpha value is -1.52. The van der Waals surface area contributed by atoms with Crippen LogP contribution in [0.5, 0.6) is 5.75 Å². The Morgan fingerprint density at radius 1 is 1.47 bits per heavy atom. The number of anilines is 1. The molecule has 1 fully saturated rings. The van der Waals surface area contributed by atoms with Gasteiger partial charge in [0.1, 0.15) is 0 Å². The van der Waals surface area contributed by atoms with E-state index in [0.29, 0.717) is 11.7 Å². The van der Waals surface area contributed by atoms with E-state index in [4.69, 9.17) is 4.74 Å². The van der Waals surface area contributed by atoms with Crippen molar-refractivity contribution in [3.8, 4) is 5.75 Å². The highest BCUT2D eigenvalue weighted by Crippen LogP contribution is 2.24. The molecule has 94 valence electrons. The lowest BCUT2D eigenvalue weighted by Crippen LogP contribution is -2.20. The number of rotatable bonds is 4. The van der Waals surface area contributed by atoms with Crippen molar-refractivity contribution in [2.45, 2.75) is 32.1 Å². The van der Waals surface area contributed by atoms with Crippen molar-refractivity contribution in [3.05, 3.63) is 16.7 Å². The fourth-order valence-corrected chi connectivity index (χ4v) is 2.33.